The monoisotopic (exact) mass is 254 g/mol. The molecule has 1 fully saturated rings. The molecule has 1 aromatic heterocycles. The summed E-state index contributed by atoms with van der Waals surface area (Å²) in [5, 5.41) is 19.8. The molecule has 7 nitrogen and oxygen atoms in total. The number of pyridine rings is 1. The van der Waals surface area contributed by atoms with E-state index in [1.807, 2.05) is 4.90 Å². The van der Waals surface area contributed by atoms with Gasteiger partial charge in [-0.25, -0.2) is 9.88 Å². The number of hydrogen-bond donors (Lipinski definition) is 2. The van der Waals surface area contributed by atoms with Crippen LogP contribution < -0.4 is 14.8 Å². The van der Waals surface area contributed by atoms with Crippen molar-refractivity contribution >= 4 is 11.5 Å². The van der Waals surface area contributed by atoms with E-state index in [1.165, 1.54) is 11.0 Å². The number of aliphatic hydroxyl groups is 1. The van der Waals surface area contributed by atoms with Crippen LogP contribution in [0.5, 0.6) is 0 Å². The summed E-state index contributed by atoms with van der Waals surface area (Å²) >= 11 is 0. The van der Waals surface area contributed by atoms with Crippen molar-refractivity contribution < 1.29 is 19.9 Å². The zero-order valence-electron chi connectivity index (χ0n) is 10.1. The van der Waals surface area contributed by atoms with E-state index in [0.717, 1.165) is 32.7 Å². The molecule has 2 heterocycles. The predicted molar refractivity (Wildman–Crippen MR) is 64.5 cm³/mol. The van der Waals surface area contributed by atoms with Crippen molar-refractivity contribution in [1.29, 1.82) is 0 Å². The molecular weight excluding hydrogens is 236 g/mol. The maximum atomic E-state index is 11.0. The van der Waals surface area contributed by atoms with E-state index < -0.39 is 0 Å². The van der Waals surface area contributed by atoms with Crippen LogP contribution in [0.25, 0.3) is 0 Å². The summed E-state index contributed by atoms with van der Waals surface area (Å²) in [6, 6.07) is 3.15. The minimum absolute atomic E-state index is 0.114. The highest BCUT2D eigenvalue weighted by Gasteiger charge is 2.31. The average molecular weight is 254 g/mol. The van der Waals surface area contributed by atoms with Crippen LogP contribution in [0.3, 0.4) is 0 Å². The molecule has 7 heteroatoms. The highest BCUT2D eigenvalue weighted by Crippen LogP contribution is 2.21. The van der Waals surface area contributed by atoms with Gasteiger partial charge in [0.1, 0.15) is 32.7 Å². The fourth-order valence-electron chi connectivity index (χ4n) is 2.27. The number of anilines is 1. The van der Waals surface area contributed by atoms with Crippen LogP contribution in [0.15, 0.2) is 18.3 Å². The summed E-state index contributed by atoms with van der Waals surface area (Å²) in [5.41, 5.74) is 0.114. The van der Waals surface area contributed by atoms with Gasteiger partial charge in [0.15, 0.2) is 0 Å². The van der Waals surface area contributed by atoms with Crippen molar-refractivity contribution in [2.75, 3.05) is 44.2 Å². The van der Waals surface area contributed by atoms with Gasteiger partial charge in [0.2, 0.25) is 0 Å². The molecule has 0 aromatic carbocycles. The Hall–Kier alpha value is -1.73. The summed E-state index contributed by atoms with van der Waals surface area (Å²) in [5.74, 6) is 0.575. The van der Waals surface area contributed by atoms with Crippen LogP contribution in [0.4, 0.5) is 11.5 Å². The molecule has 0 amide bonds. The van der Waals surface area contributed by atoms with E-state index in [9.17, 15) is 10.1 Å². The van der Waals surface area contributed by atoms with Crippen molar-refractivity contribution in [2.45, 2.75) is 0 Å². The number of piperazine rings is 1. The van der Waals surface area contributed by atoms with Crippen LogP contribution in [0.1, 0.15) is 0 Å². The van der Waals surface area contributed by atoms with E-state index in [-0.39, 0.29) is 17.2 Å². The molecule has 1 aliphatic rings. The Morgan fingerprint density at radius 1 is 1.50 bits per heavy atom. The number of aliphatic hydroxyl groups excluding tert-OH is 1. The minimum atomic E-state index is -0.362. The Balaban J connectivity index is 2.07. The fourth-order valence-corrected chi connectivity index (χ4v) is 2.27. The largest absolute Gasteiger partial charge is 0.391 e. The molecule has 1 aromatic rings. The van der Waals surface area contributed by atoms with Crippen molar-refractivity contribution in [2.24, 2.45) is 0 Å². The lowest BCUT2D eigenvalue weighted by Gasteiger charge is -2.27. The number of hydrogen-bond acceptors (Lipinski definition) is 4. The number of quaternary nitrogens is 1. The van der Waals surface area contributed by atoms with Crippen LogP contribution in [-0.2, 0) is 0 Å². The molecule has 2 rings (SSSR count). The molecule has 0 radical (unpaired) electrons. The van der Waals surface area contributed by atoms with Gasteiger partial charge in [0, 0.05) is 6.07 Å². The van der Waals surface area contributed by atoms with E-state index in [1.54, 1.807) is 12.3 Å². The zero-order chi connectivity index (χ0) is 13.0. The molecule has 98 valence electrons. The molecule has 1 saturated heterocycles. The fraction of sp³-hybridized carbons (Fsp3) is 0.545. The summed E-state index contributed by atoms with van der Waals surface area (Å²) in [4.78, 5) is 16.9. The second-order valence-electron chi connectivity index (χ2n) is 4.37. The summed E-state index contributed by atoms with van der Waals surface area (Å²) in [6.07, 6.45) is 1.70. The number of nitrogens with one attached hydrogen (secondary N) is 2. The van der Waals surface area contributed by atoms with Gasteiger partial charge >= 0.3 is 11.5 Å². The first-order valence-corrected chi connectivity index (χ1v) is 6.07. The molecule has 0 unspecified atom stereocenters. The molecule has 18 heavy (non-hydrogen) atoms. The third-order valence-electron chi connectivity index (χ3n) is 3.26. The molecule has 3 N–H and O–H groups in total. The first-order chi connectivity index (χ1) is 8.72. The standard InChI is InChI=1S/C11H16N4O3/c16-9-8-13-4-6-14(7-5-13)11-10(15(17)18)2-1-3-12-11/h1-3,16H,4-9H2/p+2. The van der Waals surface area contributed by atoms with E-state index in [4.69, 9.17) is 5.11 Å². The number of rotatable bonds is 4. The summed E-state index contributed by atoms with van der Waals surface area (Å²) < 4.78 is 0. The van der Waals surface area contributed by atoms with Gasteiger partial charge in [0.25, 0.3) is 0 Å². The van der Waals surface area contributed by atoms with Crippen molar-refractivity contribution in [3.05, 3.63) is 28.4 Å². The molecule has 0 aliphatic carbocycles. The minimum Gasteiger partial charge on any atom is -0.391 e. The normalized spacial score (nSPS) is 16.8. The second kappa shape index (κ2) is 5.74. The van der Waals surface area contributed by atoms with Gasteiger partial charge in [-0.05, 0) is 6.07 Å². The molecule has 0 saturated carbocycles. The van der Waals surface area contributed by atoms with Gasteiger partial charge in [-0.2, -0.15) is 0 Å². The Kier molecular flexibility index (Phi) is 4.06. The summed E-state index contributed by atoms with van der Waals surface area (Å²) in [6.45, 7) is 4.23. The lowest BCUT2D eigenvalue weighted by molar-refractivity contribution is -0.901. The third-order valence-corrected chi connectivity index (χ3v) is 3.26. The van der Waals surface area contributed by atoms with Crippen LogP contribution in [0, 0.1) is 10.1 Å². The Bertz CT molecular complexity index is 419. The third kappa shape index (κ3) is 2.74. The molecule has 1 aliphatic heterocycles. The van der Waals surface area contributed by atoms with Crippen molar-refractivity contribution in [3.63, 3.8) is 0 Å². The van der Waals surface area contributed by atoms with Crippen LogP contribution >= 0.6 is 0 Å². The highest BCUT2D eigenvalue weighted by atomic mass is 16.6. The maximum Gasteiger partial charge on any atom is 0.357 e. The first kappa shape index (κ1) is 12.7. The van der Waals surface area contributed by atoms with Crippen LogP contribution in [0.2, 0.25) is 0 Å². The first-order valence-electron chi connectivity index (χ1n) is 6.07. The van der Waals surface area contributed by atoms with E-state index >= 15 is 0 Å². The second-order valence-corrected chi connectivity index (χ2v) is 4.37. The number of aromatic nitrogens is 1. The van der Waals surface area contributed by atoms with E-state index in [0.29, 0.717) is 5.82 Å². The number of H-pyrrole nitrogens is 1. The zero-order valence-corrected chi connectivity index (χ0v) is 10.1. The lowest BCUT2D eigenvalue weighted by Crippen LogP contribution is -3.15. The van der Waals surface area contributed by atoms with Crippen molar-refractivity contribution in [1.82, 2.24) is 0 Å². The highest BCUT2D eigenvalue weighted by molar-refractivity contribution is 5.53. The quantitative estimate of drug-likeness (QED) is 0.486. The van der Waals surface area contributed by atoms with Crippen LogP contribution in [-0.4, -0.2) is 49.4 Å². The Morgan fingerprint density at radius 3 is 2.83 bits per heavy atom. The van der Waals surface area contributed by atoms with Gasteiger partial charge in [-0.15, -0.1) is 0 Å². The van der Waals surface area contributed by atoms with Gasteiger partial charge < -0.3 is 10.0 Å². The predicted octanol–water partition coefficient (Wildman–Crippen LogP) is -1.89. The maximum absolute atomic E-state index is 11.0. The van der Waals surface area contributed by atoms with Gasteiger partial charge in [-0.3, -0.25) is 10.1 Å². The van der Waals surface area contributed by atoms with Gasteiger partial charge in [0.05, 0.1) is 17.7 Å². The number of nitro groups is 1. The topological polar surface area (TPSA) is 85.2 Å². The molecular formula is C11H18N4O3+2. The molecule has 0 atom stereocenters. The Morgan fingerprint density at radius 2 is 2.22 bits per heavy atom. The number of nitrogens with zero attached hydrogens (tertiary/aromatic N) is 2. The average Bonchev–Trinajstić information content (AvgIpc) is 2.40. The smallest absolute Gasteiger partial charge is 0.357 e. The number of aromatic amines is 1. The molecule has 0 spiro atoms. The Labute approximate surface area is 105 Å². The summed E-state index contributed by atoms with van der Waals surface area (Å²) in [7, 11) is 0. The van der Waals surface area contributed by atoms with Gasteiger partial charge in [-0.1, -0.05) is 0 Å². The lowest BCUT2D eigenvalue weighted by atomic mass is 10.3. The van der Waals surface area contributed by atoms with Crippen molar-refractivity contribution in [3.8, 4) is 0 Å². The van der Waals surface area contributed by atoms with E-state index in [2.05, 4.69) is 4.98 Å². The molecule has 0 bridgehead atoms. The SMILES string of the molecule is O=[N+]([O-])c1ccc[nH+]c1N1CC[NH+](CCO)CC1.